The maximum atomic E-state index is 13.3. The van der Waals surface area contributed by atoms with E-state index in [4.69, 9.17) is 0 Å². The predicted octanol–water partition coefficient (Wildman–Crippen LogP) is 2.26. The van der Waals surface area contributed by atoms with Crippen molar-refractivity contribution in [2.75, 3.05) is 20.1 Å². The molecule has 3 amide bonds. The maximum Gasteiger partial charge on any atom is 0.322 e. The van der Waals surface area contributed by atoms with Crippen molar-refractivity contribution in [3.63, 3.8) is 0 Å². The summed E-state index contributed by atoms with van der Waals surface area (Å²) in [7, 11) is 1.65. The zero-order chi connectivity index (χ0) is 19.0. The molecule has 0 radical (unpaired) electrons. The first-order chi connectivity index (χ1) is 13.0. The van der Waals surface area contributed by atoms with Crippen molar-refractivity contribution in [2.45, 2.75) is 12.5 Å². The molecule has 6 nitrogen and oxygen atoms in total. The fourth-order valence-electron chi connectivity index (χ4n) is 3.50. The average molecular weight is 366 g/mol. The summed E-state index contributed by atoms with van der Waals surface area (Å²) in [6.07, 6.45) is 2.37. The van der Waals surface area contributed by atoms with E-state index in [-0.39, 0.29) is 17.8 Å². The predicted molar refractivity (Wildman–Crippen MR) is 97.0 cm³/mol. The molecule has 1 N–H and O–H groups in total. The van der Waals surface area contributed by atoms with Crippen molar-refractivity contribution in [3.05, 3.63) is 77.0 Å². The molecule has 0 bridgehead atoms. The topological polar surface area (TPSA) is 65.5 Å². The number of nitrogens with one attached hydrogen (secondary N) is 1. The molecule has 0 fully saturated rings. The Morgan fingerprint density at radius 3 is 2.67 bits per heavy atom. The van der Waals surface area contributed by atoms with E-state index >= 15 is 0 Å². The smallest absolute Gasteiger partial charge is 0.322 e. The van der Waals surface area contributed by atoms with Gasteiger partial charge in [-0.3, -0.25) is 14.7 Å². The van der Waals surface area contributed by atoms with E-state index in [2.05, 4.69) is 10.3 Å². The van der Waals surface area contributed by atoms with E-state index in [0.717, 1.165) is 5.69 Å². The monoisotopic (exact) mass is 366 g/mol. The van der Waals surface area contributed by atoms with Crippen LogP contribution in [0.3, 0.4) is 0 Å². The first-order valence-electron chi connectivity index (χ1n) is 8.76. The Balaban J connectivity index is 1.59. The molecule has 2 aliphatic heterocycles. The zero-order valence-corrected chi connectivity index (χ0v) is 14.9. The summed E-state index contributed by atoms with van der Waals surface area (Å²) in [5.41, 5.74) is 2.84. The van der Waals surface area contributed by atoms with Crippen molar-refractivity contribution < 1.29 is 14.0 Å². The lowest BCUT2D eigenvalue weighted by Gasteiger charge is -2.31. The van der Waals surface area contributed by atoms with Crippen LogP contribution < -0.4 is 5.32 Å². The number of urea groups is 1. The molecule has 1 unspecified atom stereocenters. The van der Waals surface area contributed by atoms with Gasteiger partial charge in [0.1, 0.15) is 5.82 Å². The number of pyridine rings is 1. The molecule has 1 aromatic carbocycles. The molecule has 138 valence electrons. The van der Waals surface area contributed by atoms with Crippen LogP contribution in [0.15, 0.2) is 59.9 Å². The minimum atomic E-state index is -0.573. The van der Waals surface area contributed by atoms with Gasteiger partial charge in [-0.2, -0.15) is 0 Å². The SMILES string of the molecule is CN1C(=O)NC(c2ccc(F)cc2)C2=C1CN(CCc1ccccn1)C2=O. The minimum Gasteiger partial charge on any atom is -0.333 e. The molecule has 27 heavy (non-hydrogen) atoms. The number of nitrogens with zero attached hydrogens (tertiary/aromatic N) is 3. The Morgan fingerprint density at radius 1 is 1.19 bits per heavy atom. The van der Waals surface area contributed by atoms with Gasteiger partial charge in [0.25, 0.3) is 5.91 Å². The number of carbonyl (C=O) groups is 2. The highest BCUT2D eigenvalue weighted by Crippen LogP contribution is 2.35. The van der Waals surface area contributed by atoms with Crippen molar-refractivity contribution in [1.82, 2.24) is 20.1 Å². The number of likely N-dealkylation sites (N-methyl/N-ethyl adjacent to an activating group) is 1. The summed E-state index contributed by atoms with van der Waals surface area (Å²) in [6, 6.07) is 10.7. The van der Waals surface area contributed by atoms with Crippen molar-refractivity contribution >= 4 is 11.9 Å². The average Bonchev–Trinajstić information content (AvgIpc) is 3.01. The lowest BCUT2D eigenvalue weighted by molar-refractivity contribution is -0.125. The standard InChI is InChI=1S/C20H19FN4O2/c1-24-16-12-25(11-9-15-4-2-3-10-22-15)19(26)17(16)18(23-20(24)27)13-5-7-14(21)8-6-13/h2-8,10,18H,9,11-12H2,1H3,(H,23,27). The van der Waals surface area contributed by atoms with Crippen LogP contribution in [0.5, 0.6) is 0 Å². The Morgan fingerprint density at radius 2 is 1.96 bits per heavy atom. The summed E-state index contributed by atoms with van der Waals surface area (Å²) < 4.78 is 13.3. The molecule has 0 spiro atoms. The molecular weight excluding hydrogens is 347 g/mol. The fraction of sp³-hybridized carbons (Fsp3) is 0.250. The molecule has 2 aromatic rings. The Hall–Kier alpha value is -3.22. The molecule has 2 aliphatic rings. The van der Waals surface area contributed by atoms with Gasteiger partial charge in [-0.1, -0.05) is 18.2 Å². The number of halogens is 1. The van der Waals surface area contributed by atoms with Crippen LogP contribution >= 0.6 is 0 Å². The third kappa shape index (κ3) is 3.16. The second-order valence-corrected chi connectivity index (χ2v) is 6.65. The van der Waals surface area contributed by atoms with Crippen LogP contribution in [0.1, 0.15) is 17.3 Å². The van der Waals surface area contributed by atoms with E-state index in [1.807, 2.05) is 18.2 Å². The van der Waals surface area contributed by atoms with Gasteiger partial charge in [-0.15, -0.1) is 0 Å². The number of hydrogen-bond acceptors (Lipinski definition) is 3. The van der Waals surface area contributed by atoms with Crippen molar-refractivity contribution in [2.24, 2.45) is 0 Å². The molecule has 4 rings (SSSR count). The molecule has 1 aromatic heterocycles. The molecule has 0 saturated carbocycles. The molecule has 0 aliphatic carbocycles. The summed E-state index contributed by atoms with van der Waals surface area (Å²) >= 11 is 0. The molecule has 0 saturated heterocycles. The minimum absolute atomic E-state index is 0.109. The highest BCUT2D eigenvalue weighted by Gasteiger charge is 2.42. The van der Waals surface area contributed by atoms with Gasteiger partial charge < -0.3 is 10.2 Å². The third-order valence-corrected chi connectivity index (χ3v) is 5.00. The molecular formula is C20H19FN4O2. The van der Waals surface area contributed by atoms with Gasteiger partial charge >= 0.3 is 6.03 Å². The maximum absolute atomic E-state index is 13.3. The number of rotatable bonds is 4. The quantitative estimate of drug-likeness (QED) is 0.903. The number of carbonyl (C=O) groups excluding carboxylic acids is 2. The number of hydrogen-bond donors (Lipinski definition) is 1. The highest BCUT2D eigenvalue weighted by molar-refractivity contribution is 6.01. The first kappa shape index (κ1) is 17.2. The normalized spacial score (nSPS) is 19.4. The van der Waals surface area contributed by atoms with E-state index in [1.165, 1.54) is 17.0 Å². The van der Waals surface area contributed by atoms with E-state index in [0.29, 0.717) is 36.3 Å². The van der Waals surface area contributed by atoms with Crippen LogP contribution in [0.2, 0.25) is 0 Å². The van der Waals surface area contributed by atoms with Crippen molar-refractivity contribution in [3.8, 4) is 0 Å². The Kier molecular flexibility index (Phi) is 4.35. The van der Waals surface area contributed by atoms with E-state index < -0.39 is 6.04 Å². The van der Waals surface area contributed by atoms with E-state index in [9.17, 15) is 14.0 Å². The van der Waals surface area contributed by atoms with E-state index in [1.54, 1.807) is 30.3 Å². The summed E-state index contributed by atoms with van der Waals surface area (Å²) in [6.45, 7) is 0.892. The lowest BCUT2D eigenvalue weighted by Crippen LogP contribution is -2.45. The first-order valence-corrected chi connectivity index (χ1v) is 8.76. The van der Waals surface area contributed by atoms with Gasteiger partial charge in [0.2, 0.25) is 0 Å². The van der Waals surface area contributed by atoms with Gasteiger partial charge in [0.05, 0.1) is 23.9 Å². The molecule has 3 heterocycles. The van der Waals surface area contributed by atoms with Crippen LogP contribution in [0, 0.1) is 5.82 Å². The van der Waals surface area contributed by atoms with Gasteiger partial charge in [-0.05, 0) is 29.8 Å². The number of amides is 3. The van der Waals surface area contributed by atoms with Crippen molar-refractivity contribution in [1.29, 1.82) is 0 Å². The number of aromatic nitrogens is 1. The van der Waals surface area contributed by atoms with Crippen LogP contribution in [0.25, 0.3) is 0 Å². The van der Waals surface area contributed by atoms with Crippen LogP contribution in [0.4, 0.5) is 9.18 Å². The van der Waals surface area contributed by atoms with Gasteiger partial charge in [0, 0.05) is 31.9 Å². The lowest BCUT2D eigenvalue weighted by atomic mass is 9.96. The van der Waals surface area contributed by atoms with Crippen LogP contribution in [-0.2, 0) is 11.2 Å². The fourth-order valence-corrected chi connectivity index (χ4v) is 3.50. The second-order valence-electron chi connectivity index (χ2n) is 6.65. The summed E-state index contributed by atoms with van der Waals surface area (Å²) in [4.78, 5) is 32.9. The highest BCUT2D eigenvalue weighted by atomic mass is 19.1. The Labute approximate surface area is 156 Å². The van der Waals surface area contributed by atoms with Gasteiger partial charge in [0.15, 0.2) is 0 Å². The summed E-state index contributed by atoms with van der Waals surface area (Å²) in [5.74, 6) is -0.468. The van der Waals surface area contributed by atoms with Gasteiger partial charge in [-0.25, -0.2) is 9.18 Å². The second kappa shape index (κ2) is 6.83. The third-order valence-electron chi connectivity index (χ3n) is 5.00. The molecule has 1 atom stereocenters. The van der Waals surface area contributed by atoms with Crippen LogP contribution in [-0.4, -0.2) is 46.9 Å². The Bertz CT molecular complexity index is 911. The molecule has 7 heteroatoms. The number of benzene rings is 1. The summed E-state index contributed by atoms with van der Waals surface area (Å²) in [5, 5.41) is 2.84. The largest absolute Gasteiger partial charge is 0.333 e. The zero-order valence-electron chi connectivity index (χ0n) is 14.9.